The van der Waals surface area contributed by atoms with Crippen molar-refractivity contribution >= 4 is 5.91 Å². The van der Waals surface area contributed by atoms with Gasteiger partial charge in [0, 0.05) is 6.04 Å². The van der Waals surface area contributed by atoms with Crippen LogP contribution in [0.15, 0.2) is 24.3 Å². The van der Waals surface area contributed by atoms with Crippen molar-refractivity contribution in [3.8, 4) is 0 Å². The maximum atomic E-state index is 12.4. The molecule has 2 aliphatic rings. The number of alkyl halides is 3. The number of carbonyl (C=O) groups is 1. The number of halogens is 3. The monoisotopic (exact) mass is 284 g/mol. The minimum atomic E-state index is -4.83. The van der Waals surface area contributed by atoms with Gasteiger partial charge < -0.3 is 5.32 Å². The van der Waals surface area contributed by atoms with Crippen LogP contribution in [0.2, 0.25) is 0 Å². The van der Waals surface area contributed by atoms with Crippen LogP contribution in [0.25, 0.3) is 0 Å². The first kappa shape index (κ1) is 13.4. The second-order valence-corrected chi connectivity index (χ2v) is 5.29. The number of hydrogen-bond acceptors (Lipinski definition) is 2. The van der Waals surface area contributed by atoms with Crippen molar-refractivity contribution < 1.29 is 18.0 Å². The first-order valence-corrected chi connectivity index (χ1v) is 6.67. The summed E-state index contributed by atoms with van der Waals surface area (Å²) in [5.41, 5.74) is 1.85. The van der Waals surface area contributed by atoms with E-state index >= 15 is 0 Å². The van der Waals surface area contributed by atoms with Crippen LogP contribution in [0.5, 0.6) is 0 Å². The number of nitrogens with zero attached hydrogens (tertiary/aromatic N) is 1. The Morgan fingerprint density at radius 2 is 1.85 bits per heavy atom. The molecule has 0 unspecified atom stereocenters. The molecule has 108 valence electrons. The second kappa shape index (κ2) is 4.77. The van der Waals surface area contributed by atoms with E-state index in [1.165, 1.54) is 0 Å². The molecule has 0 radical (unpaired) electrons. The number of amides is 1. The van der Waals surface area contributed by atoms with E-state index in [0.29, 0.717) is 6.42 Å². The highest BCUT2D eigenvalue weighted by atomic mass is 19.4. The van der Waals surface area contributed by atoms with E-state index in [2.05, 4.69) is 10.2 Å². The summed E-state index contributed by atoms with van der Waals surface area (Å²) in [4.78, 5) is 13.4. The van der Waals surface area contributed by atoms with Gasteiger partial charge in [-0.25, -0.2) is 0 Å². The Balaban J connectivity index is 1.82. The molecule has 2 atom stereocenters. The first-order chi connectivity index (χ1) is 9.47. The molecule has 0 spiro atoms. The third-order valence-corrected chi connectivity index (χ3v) is 4.08. The molecule has 1 aromatic rings. The van der Waals surface area contributed by atoms with Gasteiger partial charge in [0.05, 0.1) is 6.04 Å². The van der Waals surface area contributed by atoms with Crippen LogP contribution in [0.4, 0.5) is 13.2 Å². The van der Waals surface area contributed by atoms with Gasteiger partial charge in [-0.2, -0.15) is 13.2 Å². The van der Waals surface area contributed by atoms with Crippen LogP contribution >= 0.6 is 0 Å². The Bertz CT molecular complexity index is 525. The van der Waals surface area contributed by atoms with Gasteiger partial charge in [0.2, 0.25) is 0 Å². The van der Waals surface area contributed by atoms with Crippen molar-refractivity contribution in [2.24, 2.45) is 0 Å². The molecule has 6 heteroatoms. The minimum absolute atomic E-state index is 0.124. The van der Waals surface area contributed by atoms with Crippen molar-refractivity contribution in [2.45, 2.75) is 31.1 Å². The molecule has 0 bridgehead atoms. The Hall–Kier alpha value is -1.56. The van der Waals surface area contributed by atoms with Gasteiger partial charge in [-0.3, -0.25) is 9.69 Å². The quantitative estimate of drug-likeness (QED) is 0.905. The maximum Gasteiger partial charge on any atom is 0.471 e. The molecule has 3 nitrogen and oxygen atoms in total. The summed E-state index contributed by atoms with van der Waals surface area (Å²) in [5.74, 6) is -1.86. The molecule has 1 amide bonds. The van der Waals surface area contributed by atoms with E-state index < -0.39 is 18.1 Å². The lowest BCUT2D eigenvalue weighted by molar-refractivity contribution is -0.174. The number of hydrogen-bond donors (Lipinski definition) is 1. The van der Waals surface area contributed by atoms with Crippen LogP contribution in [-0.2, 0) is 4.79 Å². The molecule has 3 rings (SSSR count). The number of likely N-dealkylation sites (tertiary alicyclic amines) is 1. The molecule has 1 aromatic carbocycles. The van der Waals surface area contributed by atoms with E-state index in [1.807, 2.05) is 12.1 Å². The highest BCUT2D eigenvalue weighted by molar-refractivity contribution is 5.82. The van der Waals surface area contributed by atoms with Crippen molar-refractivity contribution in [1.82, 2.24) is 10.2 Å². The fraction of sp³-hybridized carbons (Fsp3) is 0.500. The number of benzene rings is 1. The fourth-order valence-electron chi connectivity index (χ4n) is 2.98. The average Bonchev–Trinajstić information content (AvgIpc) is 2.66. The lowest BCUT2D eigenvalue weighted by Gasteiger charge is -2.37. The van der Waals surface area contributed by atoms with E-state index in [9.17, 15) is 18.0 Å². The molecule has 1 N–H and O–H groups in total. The lowest BCUT2D eigenvalue weighted by atomic mass is 10.0. The lowest BCUT2D eigenvalue weighted by Crippen LogP contribution is -2.41. The van der Waals surface area contributed by atoms with Crippen molar-refractivity contribution in [2.75, 3.05) is 13.1 Å². The highest BCUT2D eigenvalue weighted by Gasteiger charge is 2.43. The van der Waals surface area contributed by atoms with Gasteiger partial charge in [-0.1, -0.05) is 24.3 Å². The molecule has 1 aliphatic heterocycles. The van der Waals surface area contributed by atoms with Crippen LogP contribution in [0, 0.1) is 0 Å². The molecule has 20 heavy (non-hydrogen) atoms. The molecule has 1 aliphatic carbocycles. The molecular weight excluding hydrogens is 269 g/mol. The van der Waals surface area contributed by atoms with Crippen LogP contribution in [0.3, 0.4) is 0 Å². The zero-order valence-electron chi connectivity index (χ0n) is 10.8. The Morgan fingerprint density at radius 1 is 1.20 bits per heavy atom. The predicted molar refractivity (Wildman–Crippen MR) is 66.9 cm³/mol. The Morgan fingerprint density at radius 3 is 2.40 bits per heavy atom. The fourth-order valence-corrected chi connectivity index (χ4v) is 2.98. The summed E-state index contributed by atoms with van der Waals surface area (Å²) in [7, 11) is 0. The third-order valence-electron chi connectivity index (χ3n) is 4.08. The SMILES string of the molecule is O=C(N[C@@H]1C[C@H](N2CCC2)c2ccccc21)C(F)(F)F. The topological polar surface area (TPSA) is 32.3 Å². The maximum absolute atomic E-state index is 12.4. The summed E-state index contributed by atoms with van der Waals surface area (Å²) in [6.07, 6.45) is -3.19. The van der Waals surface area contributed by atoms with Gasteiger partial charge in [-0.05, 0) is 37.1 Å². The van der Waals surface area contributed by atoms with Gasteiger partial charge >= 0.3 is 12.1 Å². The predicted octanol–water partition coefficient (Wildman–Crippen LogP) is 2.56. The van der Waals surface area contributed by atoms with Crippen molar-refractivity contribution in [3.63, 3.8) is 0 Å². The zero-order chi connectivity index (χ0) is 14.3. The average molecular weight is 284 g/mol. The normalized spacial score (nSPS) is 25.9. The summed E-state index contributed by atoms with van der Waals surface area (Å²) in [5, 5.41) is 2.12. The number of rotatable bonds is 2. The Labute approximate surface area is 114 Å². The number of carbonyl (C=O) groups excluding carboxylic acids is 1. The molecule has 0 aromatic heterocycles. The second-order valence-electron chi connectivity index (χ2n) is 5.29. The largest absolute Gasteiger partial charge is 0.471 e. The van der Waals surface area contributed by atoms with Crippen LogP contribution in [-0.4, -0.2) is 30.1 Å². The molecule has 1 fully saturated rings. The standard InChI is InChI=1S/C14H15F3N2O/c15-14(16,17)13(20)18-11-8-12(19-6-3-7-19)10-5-2-1-4-9(10)11/h1-2,4-5,11-12H,3,6-8H2,(H,18,20)/t11-,12+/m1/s1. The van der Waals surface area contributed by atoms with Crippen LogP contribution in [0.1, 0.15) is 36.1 Å². The number of nitrogens with one attached hydrogen (secondary N) is 1. The third kappa shape index (κ3) is 2.28. The smallest absolute Gasteiger partial charge is 0.341 e. The molecule has 1 saturated heterocycles. The number of fused-ring (bicyclic) bond motifs is 1. The van der Waals surface area contributed by atoms with E-state index in [-0.39, 0.29) is 6.04 Å². The molecule has 1 heterocycles. The summed E-state index contributed by atoms with van der Waals surface area (Å²) >= 11 is 0. The first-order valence-electron chi connectivity index (χ1n) is 6.67. The summed E-state index contributed by atoms with van der Waals surface area (Å²) in [6, 6.07) is 7.00. The summed E-state index contributed by atoms with van der Waals surface area (Å²) in [6.45, 7) is 1.94. The summed E-state index contributed by atoms with van der Waals surface area (Å²) < 4.78 is 37.2. The van der Waals surface area contributed by atoms with E-state index in [0.717, 1.165) is 30.6 Å². The van der Waals surface area contributed by atoms with E-state index in [4.69, 9.17) is 0 Å². The highest BCUT2D eigenvalue weighted by Crippen LogP contribution is 2.43. The molecular formula is C14H15F3N2O. The zero-order valence-corrected chi connectivity index (χ0v) is 10.8. The van der Waals surface area contributed by atoms with Crippen molar-refractivity contribution in [1.29, 1.82) is 0 Å². The van der Waals surface area contributed by atoms with Crippen LogP contribution < -0.4 is 5.32 Å². The van der Waals surface area contributed by atoms with Gasteiger partial charge in [-0.15, -0.1) is 0 Å². The Kier molecular flexibility index (Phi) is 3.20. The van der Waals surface area contributed by atoms with Gasteiger partial charge in [0.25, 0.3) is 0 Å². The minimum Gasteiger partial charge on any atom is -0.341 e. The van der Waals surface area contributed by atoms with Gasteiger partial charge in [0.1, 0.15) is 0 Å². The van der Waals surface area contributed by atoms with Gasteiger partial charge in [0.15, 0.2) is 0 Å². The molecule has 0 saturated carbocycles. The van der Waals surface area contributed by atoms with Crippen molar-refractivity contribution in [3.05, 3.63) is 35.4 Å². The van der Waals surface area contributed by atoms with E-state index in [1.54, 1.807) is 12.1 Å².